The molecule has 0 saturated heterocycles. The van der Waals surface area contributed by atoms with Crippen LogP contribution in [0.15, 0.2) is 24.5 Å². The molecule has 0 atom stereocenters. The third-order valence-electron chi connectivity index (χ3n) is 3.42. The fourth-order valence-electron chi connectivity index (χ4n) is 1.80. The molecule has 0 aliphatic rings. The smallest absolute Gasteiger partial charge is 0.270 e. The number of aliphatic hydroxyl groups excluding tert-OH is 1. The molecular weight excluding hydrogens is 260 g/mol. The number of fused-ring (bicyclic) bond motifs is 1. The maximum atomic E-state index is 10.9. The number of hydrogen-bond acceptors (Lipinski definition) is 6. The Morgan fingerprint density at radius 2 is 2.10 bits per heavy atom. The number of likely N-dealkylation sites (N-methyl/N-ethyl adjacent to an activating group) is 1. The number of benzene rings is 1. The van der Waals surface area contributed by atoms with Gasteiger partial charge in [-0.2, -0.15) is 0 Å². The number of aliphatic hydroxyl groups is 1. The number of nitro benzene ring substituents is 1. The van der Waals surface area contributed by atoms with Gasteiger partial charge in [0.05, 0.1) is 22.6 Å². The van der Waals surface area contributed by atoms with E-state index in [1.54, 1.807) is 18.0 Å². The van der Waals surface area contributed by atoms with Gasteiger partial charge >= 0.3 is 0 Å². The van der Waals surface area contributed by atoms with Gasteiger partial charge in [-0.25, -0.2) is 9.97 Å². The third kappa shape index (κ3) is 2.39. The van der Waals surface area contributed by atoms with Crippen molar-refractivity contribution in [1.29, 1.82) is 0 Å². The molecule has 7 nitrogen and oxygen atoms in total. The van der Waals surface area contributed by atoms with Crippen molar-refractivity contribution < 1.29 is 10.0 Å². The lowest BCUT2D eigenvalue weighted by atomic mass is 10.0. The first-order valence-corrected chi connectivity index (χ1v) is 6.10. The van der Waals surface area contributed by atoms with Gasteiger partial charge in [-0.3, -0.25) is 10.1 Å². The van der Waals surface area contributed by atoms with Crippen LogP contribution in [0.25, 0.3) is 10.9 Å². The molecule has 0 saturated carbocycles. The van der Waals surface area contributed by atoms with E-state index in [1.165, 1.54) is 18.5 Å². The summed E-state index contributed by atoms with van der Waals surface area (Å²) in [4.78, 5) is 20.5. The van der Waals surface area contributed by atoms with Gasteiger partial charge in [0.15, 0.2) is 0 Å². The minimum Gasteiger partial charge on any atom is -0.394 e. The summed E-state index contributed by atoms with van der Waals surface area (Å²) in [6.45, 7) is 3.65. The molecule has 0 amide bonds. The number of non-ortho nitro benzene ring substituents is 1. The van der Waals surface area contributed by atoms with Crippen molar-refractivity contribution in [3.63, 3.8) is 0 Å². The van der Waals surface area contributed by atoms with Crippen LogP contribution in [0.1, 0.15) is 13.8 Å². The van der Waals surface area contributed by atoms with Crippen molar-refractivity contribution in [2.45, 2.75) is 19.4 Å². The summed E-state index contributed by atoms with van der Waals surface area (Å²) in [5.41, 5.74) is 0.0799. The van der Waals surface area contributed by atoms with Crippen LogP contribution in [0, 0.1) is 10.1 Å². The Morgan fingerprint density at radius 3 is 2.70 bits per heavy atom. The molecule has 1 aromatic carbocycles. The Kier molecular flexibility index (Phi) is 3.54. The predicted molar refractivity (Wildman–Crippen MR) is 75.8 cm³/mol. The van der Waals surface area contributed by atoms with Crippen LogP contribution in [-0.4, -0.2) is 39.2 Å². The van der Waals surface area contributed by atoms with E-state index in [-0.39, 0.29) is 12.3 Å². The zero-order valence-electron chi connectivity index (χ0n) is 11.6. The molecule has 0 aliphatic carbocycles. The van der Waals surface area contributed by atoms with Crippen LogP contribution < -0.4 is 4.90 Å². The van der Waals surface area contributed by atoms with E-state index in [0.29, 0.717) is 16.7 Å². The zero-order valence-corrected chi connectivity index (χ0v) is 11.6. The second kappa shape index (κ2) is 5.01. The van der Waals surface area contributed by atoms with Crippen molar-refractivity contribution in [2.75, 3.05) is 18.6 Å². The first-order chi connectivity index (χ1) is 9.36. The number of hydrogen-bond donors (Lipinski definition) is 1. The highest BCUT2D eigenvalue weighted by atomic mass is 16.6. The van der Waals surface area contributed by atoms with E-state index in [0.717, 1.165) is 0 Å². The van der Waals surface area contributed by atoms with Crippen LogP contribution in [0.5, 0.6) is 0 Å². The lowest BCUT2D eigenvalue weighted by molar-refractivity contribution is -0.384. The molecule has 0 bridgehead atoms. The topological polar surface area (TPSA) is 92.4 Å². The summed E-state index contributed by atoms with van der Waals surface area (Å²) in [5.74, 6) is 0.553. The van der Waals surface area contributed by atoms with Gasteiger partial charge in [0.1, 0.15) is 12.1 Å². The number of rotatable bonds is 4. The van der Waals surface area contributed by atoms with Crippen LogP contribution in [0.4, 0.5) is 11.5 Å². The lowest BCUT2D eigenvalue weighted by Gasteiger charge is -2.35. The molecule has 0 unspecified atom stereocenters. The SMILES string of the molecule is CN(c1ncnc2ccc([N+](=O)[O-])cc12)C(C)(C)CO. The highest BCUT2D eigenvalue weighted by Gasteiger charge is 2.25. The highest BCUT2D eigenvalue weighted by Crippen LogP contribution is 2.29. The first-order valence-electron chi connectivity index (χ1n) is 6.10. The van der Waals surface area contributed by atoms with Gasteiger partial charge in [-0.05, 0) is 19.9 Å². The Labute approximate surface area is 116 Å². The van der Waals surface area contributed by atoms with Crippen molar-refractivity contribution in [2.24, 2.45) is 0 Å². The molecule has 0 spiro atoms. The van der Waals surface area contributed by atoms with Gasteiger partial charge in [0.2, 0.25) is 0 Å². The Morgan fingerprint density at radius 1 is 1.40 bits per heavy atom. The summed E-state index contributed by atoms with van der Waals surface area (Å²) in [5, 5.41) is 20.9. The normalized spacial score (nSPS) is 11.6. The molecule has 7 heteroatoms. The molecule has 20 heavy (non-hydrogen) atoms. The minimum atomic E-state index is -0.536. The predicted octanol–water partition coefficient (Wildman–Crippen LogP) is 1.75. The Balaban J connectivity index is 2.64. The number of nitrogens with zero attached hydrogens (tertiary/aromatic N) is 4. The van der Waals surface area contributed by atoms with E-state index in [9.17, 15) is 15.2 Å². The van der Waals surface area contributed by atoms with E-state index in [2.05, 4.69) is 9.97 Å². The summed E-state index contributed by atoms with van der Waals surface area (Å²) in [6, 6.07) is 4.46. The largest absolute Gasteiger partial charge is 0.394 e. The van der Waals surface area contributed by atoms with Gasteiger partial charge in [-0.1, -0.05) is 0 Å². The van der Waals surface area contributed by atoms with Crippen LogP contribution in [0.2, 0.25) is 0 Å². The van der Waals surface area contributed by atoms with Crippen LogP contribution >= 0.6 is 0 Å². The summed E-state index contributed by atoms with van der Waals surface area (Å²) in [6.07, 6.45) is 1.41. The fourth-order valence-corrected chi connectivity index (χ4v) is 1.80. The minimum absolute atomic E-state index is 0.0104. The average Bonchev–Trinajstić information content (AvgIpc) is 2.45. The van der Waals surface area contributed by atoms with Gasteiger partial charge < -0.3 is 10.0 Å². The van der Waals surface area contributed by atoms with Crippen molar-refractivity contribution in [1.82, 2.24) is 9.97 Å². The van der Waals surface area contributed by atoms with Crippen molar-refractivity contribution >= 4 is 22.4 Å². The number of anilines is 1. The molecular formula is C13H16N4O3. The van der Waals surface area contributed by atoms with Gasteiger partial charge in [0.25, 0.3) is 5.69 Å². The second-order valence-corrected chi connectivity index (χ2v) is 5.19. The lowest BCUT2D eigenvalue weighted by Crippen LogP contribution is -2.44. The molecule has 0 fully saturated rings. The molecule has 1 heterocycles. The fraction of sp³-hybridized carbons (Fsp3) is 0.385. The summed E-state index contributed by atoms with van der Waals surface area (Å²) in [7, 11) is 1.79. The molecule has 0 aliphatic heterocycles. The average molecular weight is 276 g/mol. The van der Waals surface area contributed by atoms with Gasteiger partial charge in [-0.15, -0.1) is 0 Å². The van der Waals surface area contributed by atoms with Gasteiger partial charge in [0, 0.05) is 24.6 Å². The Bertz CT molecular complexity index is 657. The van der Waals surface area contributed by atoms with E-state index in [1.807, 2.05) is 13.8 Å². The summed E-state index contributed by atoms with van der Waals surface area (Å²) >= 11 is 0. The van der Waals surface area contributed by atoms with Crippen molar-refractivity contribution in [3.05, 3.63) is 34.6 Å². The third-order valence-corrected chi connectivity index (χ3v) is 3.42. The van der Waals surface area contributed by atoms with E-state index in [4.69, 9.17) is 0 Å². The van der Waals surface area contributed by atoms with E-state index >= 15 is 0 Å². The van der Waals surface area contributed by atoms with Crippen LogP contribution in [0.3, 0.4) is 0 Å². The van der Waals surface area contributed by atoms with Crippen LogP contribution in [-0.2, 0) is 0 Å². The highest BCUT2D eigenvalue weighted by molar-refractivity contribution is 5.91. The monoisotopic (exact) mass is 276 g/mol. The molecule has 106 valence electrons. The maximum absolute atomic E-state index is 10.9. The Hall–Kier alpha value is -2.28. The molecule has 2 rings (SSSR count). The molecule has 0 radical (unpaired) electrons. The molecule has 2 aromatic rings. The first kappa shape index (κ1) is 14.1. The standard InChI is InChI=1S/C13H16N4O3/c1-13(2,7-18)16(3)12-10-6-9(17(19)20)4-5-11(10)14-8-15-12/h4-6,8,18H,7H2,1-3H3. The molecule has 1 N–H and O–H groups in total. The number of aromatic nitrogens is 2. The number of nitro groups is 1. The maximum Gasteiger partial charge on any atom is 0.270 e. The molecule has 1 aromatic heterocycles. The second-order valence-electron chi connectivity index (χ2n) is 5.19. The zero-order chi connectivity index (χ0) is 14.9. The summed E-state index contributed by atoms with van der Waals surface area (Å²) < 4.78 is 0. The van der Waals surface area contributed by atoms with Crippen molar-refractivity contribution in [3.8, 4) is 0 Å². The quantitative estimate of drug-likeness (QED) is 0.675. The van der Waals surface area contributed by atoms with E-state index < -0.39 is 10.5 Å².